The average Bonchev–Trinajstić information content (AvgIpc) is 2.38. The van der Waals surface area contributed by atoms with E-state index in [2.05, 4.69) is 16.0 Å². The normalized spacial score (nSPS) is 9.70. The van der Waals surface area contributed by atoms with Crippen molar-refractivity contribution in [2.75, 3.05) is 24.1 Å². The summed E-state index contributed by atoms with van der Waals surface area (Å²) in [4.78, 5) is 33.8. The average molecular weight is 278 g/mol. The van der Waals surface area contributed by atoms with Crippen molar-refractivity contribution in [1.29, 1.82) is 0 Å². The standard InChI is InChI=1S/C13H18N4O3/c1-8-3-4-10(14)11(7-8)17-13(20)12(19)16-6-5-15-9(2)18/h3-4,7H,5-6,14H2,1-2H3,(H,15,18)(H,16,19)(H,17,20). The maximum atomic E-state index is 11.6. The molecule has 0 spiro atoms. The molecule has 7 heteroatoms. The van der Waals surface area contributed by atoms with Crippen molar-refractivity contribution in [1.82, 2.24) is 10.6 Å². The van der Waals surface area contributed by atoms with Crippen molar-refractivity contribution in [3.8, 4) is 0 Å². The molecule has 7 nitrogen and oxygen atoms in total. The number of hydrogen-bond acceptors (Lipinski definition) is 4. The first-order chi connectivity index (χ1) is 9.40. The van der Waals surface area contributed by atoms with Crippen molar-refractivity contribution in [2.24, 2.45) is 0 Å². The van der Waals surface area contributed by atoms with Crippen LogP contribution in [0, 0.1) is 6.92 Å². The fourth-order valence-corrected chi connectivity index (χ4v) is 1.45. The lowest BCUT2D eigenvalue weighted by Gasteiger charge is -2.09. The lowest BCUT2D eigenvalue weighted by molar-refractivity contribution is -0.136. The number of amides is 3. The van der Waals surface area contributed by atoms with Crippen LogP contribution < -0.4 is 21.7 Å². The summed E-state index contributed by atoms with van der Waals surface area (Å²) in [5.41, 5.74) is 7.40. The smallest absolute Gasteiger partial charge is 0.313 e. The van der Waals surface area contributed by atoms with E-state index in [9.17, 15) is 14.4 Å². The maximum absolute atomic E-state index is 11.6. The van der Waals surface area contributed by atoms with Crippen LogP contribution in [0.5, 0.6) is 0 Å². The van der Waals surface area contributed by atoms with Gasteiger partial charge in [0, 0.05) is 20.0 Å². The van der Waals surface area contributed by atoms with Crippen LogP contribution in [0.2, 0.25) is 0 Å². The highest BCUT2D eigenvalue weighted by Crippen LogP contribution is 2.19. The Morgan fingerprint density at radius 1 is 1.10 bits per heavy atom. The van der Waals surface area contributed by atoms with E-state index in [4.69, 9.17) is 5.73 Å². The second-order valence-electron chi connectivity index (χ2n) is 4.28. The lowest BCUT2D eigenvalue weighted by atomic mass is 10.2. The number of hydrogen-bond donors (Lipinski definition) is 4. The molecule has 0 heterocycles. The summed E-state index contributed by atoms with van der Waals surface area (Å²) in [5.74, 6) is -1.78. The zero-order valence-corrected chi connectivity index (χ0v) is 11.4. The third-order valence-electron chi connectivity index (χ3n) is 2.45. The van der Waals surface area contributed by atoms with Crippen molar-refractivity contribution in [3.63, 3.8) is 0 Å². The van der Waals surface area contributed by atoms with Gasteiger partial charge in [-0.25, -0.2) is 0 Å². The summed E-state index contributed by atoms with van der Waals surface area (Å²) in [6.45, 7) is 3.66. The number of nitrogens with two attached hydrogens (primary N) is 1. The van der Waals surface area contributed by atoms with Crippen LogP contribution in [0.4, 0.5) is 11.4 Å². The van der Waals surface area contributed by atoms with Crippen LogP contribution in [-0.2, 0) is 14.4 Å². The molecule has 1 aromatic rings. The number of nitrogens with one attached hydrogen (secondary N) is 3. The van der Waals surface area contributed by atoms with Gasteiger partial charge in [0.1, 0.15) is 0 Å². The first-order valence-corrected chi connectivity index (χ1v) is 6.10. The lowest BCUT2D eigenvalue weighted by Crippen LogP contribution is -2.39. The molecule has 0 saturated heterocycles. The van der Waals surface area contributed by atoms with E-state index < -0.39 is 11.8 Å². The van der Waals surface area contributed by atoms with E-state index in [0.717, 1.165) is 5.56 Å². The molecule has 5 N–H and O–H groups in total. The summed E-state index contributed by atoms with van der Waals surface area (Å²) >= 11 is 0. The van der Waals surface area contributed by atoms with Crippen molar-refractivity contribution >= 4 is 29.1 Å². The molecule has 0 saturated carbocycles. The Kier molecular flexibility index (Phi) is 5.52. The van der Waals surface area contributed by atoms with E-state index >= 15 is 0 Å². The highest BCUT2D eigenvalue weighted by Gasteiger charge is 2.14. The third-order valence-corrected chi connectivity index (χ3v) is 2.45. The Balaban J connectivity index is 2.47. The molecule has 0 bridgehead atoms. The number of aryl methyl sites for hydroxylation is 1. The molecule has 0 fully saturated rings. The van der Waals surface area contributed by atoms with Gasteiger partial charge in [-0.15, -0.1) is 0 Å². The Morgan fingerprint density at radius 3 is 2.40 bits per heavy atom. The summed E-state index contributed by atoms with van der Waals surface area (Å²) < 4.78 is 0. The minimum atomic E-state index is -0.801. The maximum Gasteiger partial charge on any atom is 0.313 e. The van der Waals surface area contributed by atoms with Gasteiger partial charge < -0.3 is 21.7 Å². The molecule has 0 atom stereocenters. The molecule has 20 heavy (non-hydrogen) atoms. The molecule has 108 valence electrons. The largest absolute Gasteiger partial charge is 0.397 e. The molecule has 0 aliphatic rings. The van der Waals surface area contributed by atoms with Gasteiger partial charge in [-0.2, -0.15) is 0 Å². The zero-order valence-electron chi connectivity index (χ0n) is 11.4. The topological polar surface area (TPSA) is 113 Å². The molecule has 3 amide bonds. The minimum Gasteiger partial charge on any atom is -0.397 e. The predicted octanol–water partition coefficient (Wildman–Crippen LogP) is -0.232. The number of benzene rings is 1. The number of carbonyl (C=O) groups excluding carboxylic acids is 3. The van der Waals surface area contributed by atoms with Crippen molar-refractivity contribution < 1.29 is 14.4 Å². The first-order valence-electron chi connectivity index (χ1n) is 6.10. The number of anilines is 2. The monoisotopic (exact) mass is 278 g/mol. The van der Waals surface area contributed by atoms with E-state index in [1.807, 2.05) is 6.92 Å². The predicted molar refractivity (Wildman–Crippen MR) is 75.9 cm³/mol. The van der Waals surface area contributed by atoms with E-state index in [-0.39, 0.29) is 19.0 Å². The van der Waals surface area contributed by atoms with Gasteiger partial charge in [-0.1, -0.05) is 6.07 Å². The highest BCUT2D eigenvalue weighted by atomic mass is 16.2. The second-order valence-corrected chi connectivity index (χ2v) is 4.28. The van der Waals surface area contributed by atoms with Gasteiger partial charge in [0.2, 0.25) is 5.91 Å². The van der Waals surface area contributed by atoms with Gasteiger partial charge in [-0.3, -0.25) is 14.4 Å². The van der Waals surface area contributed by atoms with Crippen LogP contribution in [0.15, 0.2) is 18.2 Å². The molecule has 0 radical (unpaired) electrons. The quantitative estimate of drug-likeness (QED) is 0.346. The highest BCUT2D eigenvalue weighted by molar-refractivity contribution is 6.39. The van der Waals surface area contributed by atoms with E-state index in [1.54, 1.807) is 18.2 Å². The summed E-state index contributed by atoms with van der Waals surface area (Å²) in [6.07, 6.45) is 0. The van der Waals surface area contributed by atoms with Crippen LogP contribution in [0.3, 0.4) is 0 Å². The van der Waals surface area contributed by atoms with Gasteiger partial charge in [0.25, 0.3) is 0 Å². The van der Waals surface area contributed by atoms with Crippen molar-refractivity contribution in [3.05, 3.63) is 23.8 Å². The molecule has 0 aliphatic heterocycles. The Bertz CT molecular complexity index is 528. The van der Waals surface area contributed by atoms with Crippen molar-refractivity contribution in [2.45, 2.75) is 13.8 Å². The minimum absolute atomic E-state index is 0.176. The SMILES string of the molecule is CC(=O)NCCNC(=O)C(=O)Nc1cc(C)ccc1N. The molecule has 0 unspecified atom stereocenters. The number of nitrogen functional groups attached to an aromatic ring is 1. The fraction of sp³-hybridized carbons (Fsp3) is 0.308. The van der Waals surface area contributed by atoms with Gasteiger partial charge in [0.15, 0.2) is 0 Å². The fourth-order valence-electron chi connectivity index (χ4n) is 1.45. The molecule has 1 rings (SSSR count). The molecule has 0 aromatic heterocycles. The van der Waals surface area contributed by atoms with E-state index in [0.29, 0.717) is 11.4 Å². The van der Waals surface area contributed by atoms with Gasteiger partial charge >= 0.3 is 11.8 Å². The van der Waals surface area contributed by atoms with Crippen LogP contribution in [0.1, 0.15) is 12.5 Å². The Morgan fingerprint density at radius 2 is 1.75 bits per heavy atom. The second kappa shape index (κ2) is 7.13. The molecular formula is C13H18N4O3. The summed E-state index contributed by atoms with van der Waals surface area (Å²) in [5, 5.41) is 7.32. The molecule has 0 aliphatic carbocycles. The third kappa shape index (κ3) is 4.97. The van der Waals surface area contributed by atoms with Gasteiger partial charge in [0.05, 0.1) is 11.4 Å². The number of rotatable bonds is 4. The van der Waals surface area contributed by atoms with Crippen LogP contribution in [0.25, 0.3) is 0 Å². The summed E-state index contributed by atoms with van der Waals surface area (Å²) in [7, 11) is 0. The molecular weight excluding hydrogens is 260 g/mol. The Labute approximate surface area is 116 Å². The van der Waals surface area contributed by atoms with Crippen LogP contribution >= 0.6 is 0 Å². The van der Waals surface area contributed by atoms with E-state index in [1.165, 1.54) is 6.92 Å². The zero-order chi connectivity index (χ0) is 15.1. The number of carbonyl (C=O) groups is 3. The molecule has 1 aromatic carbocycles. The van der Waals surface area contributed by atoms with Crippen LogP contribution in [-0.4, -0.2) is 30.8 Å². The summed E-state index contributed by atoms with van der Waals surface area (Å²) in [6, 6.07) is 5.13. The van der Waals surface area contributed by atoms with Gasteiger partial charge in [-0.05, 0) is 24.6 Å². The Hall–Kier alpha value is -2.57. The first kappa shape index (κ1) is 15.5.